The molecule has 2 bridgehead atoms. The second-order valence-corrected chi connectivity index (χ2v) is 10.9. The monoisotopic (exact) mass is 462 g/mol. The van der Waals surface area contributed by atoms with Crippen molar-refractivity contribution in [1.29, 1.82) is 0 Å². The normalized spacial score (nSPS) is 20.6. The molecule has 1 N–H and O–H groups in total. The van der Waals surface area contributed by atoms with Gasteiger partial charge in [0.25, 0.3) is 10.0 Å². The Morgan fingerprint density at radius 2 is 1.79 bits per heavy atom. The number of aryl methyl sites for hydroxylation is 2. The number of nitrogens with zero attached hydrogens (tertiary/aromatic N) is 5. The molecular formula is C24H26N6O2S. The standard InChI is InChI=1S/C24H26N6O2S/c1-16-3-7-20(8-4-16)33(31,32)30-23(17-12-26-28(2)13-17)11-21-22(9-10-25-24(21)30)29-14-18-5-6-19(15-29)27-18/h3-4,7-13,18-19,27H,5-6,14-15H2,1-2H3. The Balaban J connectivity index is 1.58. The predicted molar refractivity (Wildman–Crippen MR) is 128 cm³/mol. The largest absolute Gasteiger partial charge is 0.368 e. The highest BCUT2D eigenvalue weighted by Gasteiger charge is 2.34. The van der Waals surface area contributed by atoms with Crippen molar-refractivity contribution in [3.05, 3.63) is 60.6 Å². The van der Waals surface area contributed by atoms with Crippen molar-refractivity contribution in [2.24, 2.45) is 7.05 Å². The number of anilines is 1. The third-order valence-electron chi connectivity index (χ3n) is 6.76. The van der Waals surface area contributed by atoms with Crippen LogP contribution in [0.5, 0.6) is 0 Å². The van der Waals surface area contributed by atoms with Crippen LogP contribution in [0.3, 0.4) is 0 Å². The molecule has 5 heterocycles. The summed E-state index contributed by atoms with van der Waals surface area (Å²) < 4.78 is 30.8. The van der Waals surface area contributed by atoms with Crippen LogP contribution in [0.15, 0.2) is 59.9 Å². The van der Waals surface area contributed by atoms with Gasteiger partial charge in [0.1, 0.15) is 0 Å². The van der Waals surface area contributed by atoms with Crippen LogP contribution in [0.4, 0.5) is 5.69 Å². The van der Waals surface area contributed by atoms with Gasteiger partial charge in [-0.15, -0.1) is 0 Å². The topological polar surface area (TPSA) is 85.0 Å². The summed E-state index contributed by atoms with van der Waals surface area (Å²) in [5.41, 5.74) is 3.78. The zero-order valence-electron chi connectivity index (χ0n) is 18.6. The molecule has 6 rings (SSSR count). The first-order valence-electron chi connectivity index (χ1n) is 11.2. The SMILES string of the molecule is Cc1ccc(S(=O)(=O)n2c(-c3cnn(C)c3)cc3c(N4CC5CCC(C4)N5)ccnc32)cc1. The molecule has 0 radical (unpaired) electrons. The summed E-state index contributed by atoms with van der Waals surface area (Å²) in [4.78, 5) is 7.18. The average molecular weight is 463 g/mol. The molecular weight excluding hydrogens is 436 g/mol. The maximum Gasteiger partial charge on any atom is 0.269 e. The zero-order chi connectivity index (χ0) is 22.7. The summed E-state index contributed by atoms with van der Waals surface area (Å²) in [5.74, 6) is 0. The van der Waals surface area contributed by atoms with E-state index in [1.165, 1.54) is 16.8 Å². The summed E-state index contributed by atoms with van der Waals surface area (Å²) >= 11 is 0. The fourth-order valence-electron chi connectivity index (χ4n) is 5.14. The van der Waals surface area contributed by atoms with Crippen molar-refractivity contribution in [2.75, 3.05) is 18.0 Å². The van der Waals surface area contributed by atoms with Crippen LogP contribution in [0, 0.1) is 6.92 Å². The Hall–Kier alpha value is -3.17. The molecule has 2 aliphatic rings. The fraction of sp³-hybridized carbons (Fsp3) is 0.333. The van der Waals surface area contributed by atoms with E-state index in [-0.39, 0.29) is 4.90 Å². The van der Waals surface area contributed by atoms with Crippen LogP contribution in [-0.4, -0.2) is 52.3 Å². The molecule has 9 heteroatoms. The van der Waals surface area contributed by atoms with Crippen LogP contribution >= 0.6 is 0 Å². The van der Waals surface area contributed by atoms with Gasteiger partial charge in [0.05, 0.1) is 16.8 Å². The summed E-state index contributed by atoms with van der Waals surface area (Å²) in [6.45, 7) is 3.76. The van der Waals surface area contributed by atoms with Crippen LogP contribution in [0.1, 0.15) is 18.4 Å². The molecule has 8 nitrogen and oxygen atoms in total. The summed E-state index contributed by atoms with van der Waals surface area (Å²) in [6, 6.07) is 11.8. The fourth-order valence-corrected chi connectivity index (χ4v) is 6.63. The van der Waals surface area contributed by atoms with Gasteiger partial charge < -0.3 is 10.2 Å². The molecule has 3 aromatic heterocycles. The summed E-state index contributed by atoms with van der Waals surface area (Å²) in [5, 5.41) is 8.79. The van der Waals surface area contributed by atoms with Gasteiger partial charge in [-0.2, -0.15) is 5.10 Å². The average Bonchev–Trinajstić information content (AvgIpc) is 3.50. The molecule has 2 saturated heterocycles. The van der Waals surface area contributed by atoms with Gasteiger partial charge in [-0.1, -0.05) is 17.7 Å². The highest BCUT2D eigenvalue weighted by molar-refractivity contribution is 7.90. The Labute approximate surface area is 192 Å². The third-order valence-corrected chi connectivity index (χ3v) is 8.47. The molecule has 2 fully saturated rings. The zero-order valence-corrected chi connectivity index (χ0v) is 19.5. The molecule has 33 heavy (non-hydrogen) atoms. The second kappa shape index (κ2) is 7.43. The number of rotatable bonds is 4. The number of nitrogens with one attached hydrogen (secondary N) is 1. The van der Waals surface area contributed by atoms with Crippen molar-refractivity contribution in [2.45, 2.75) is 36.7 Å². The Kier molecular flexibility index (Phi) is 4.60. The predicted octanol–water partition coefficient (Wildman–Crippen LogP) is 2.92. The lowest BCUT2D eigenvalue weighted by Gasteiger charge is -2.34. The smallest absolute Gasteiger partial charge is 0.269 e. The minimum absolute atomic E-state index is 0.239. The molecule has 0 aliphatic carbocycles. The quantitative estimate of drug-likeness (QED) is 0.502. The molecule has 2 atom stereocenters. The van der Waals surface area contributed by atoms with Crippen LogP contribution in [-0.2, 0) is 17.1 Å². The van der Waals surface area contributed by atoms with E-state index < -0.39 is 10.0 Å². The van der Waals surface area contributed by atoms with Crippen molar-refractivity contribution in [3.8, 4) is 11.3 Å². The van der Waals surface area contributed by atoms with Crippen LogP contribution < -0.4 is 10.2 Å². The highest BCUT2D eigenvalue weighted by atomic mass is 32.2. The highest BCUT2D eigenvalue weighted by Crippen LogP contribution is 2.37. The summed E-state index contributed by atoms with van der Waals surface area (Å²) in [6.07, 6.45) is 7.61. The van der Waals surface area contributed by atoms with Gasteiger partial charge >= 0.3 is 0 Å². The van der Waals surface area contributed by atoms with Gasteiger partial charge in [0, 0.05) is 61.3 Å². The lowest BCUT2D eigenvalue weighted by Crippen LogP contribution is -2.51. The second-order valence-electron chi connectivity index (χ2n) is 9.12. The van der Waals surface area contributed by atoms with E-state index in [1.807, 2.05) is 44.4 Å². The molecule has 0 saturated carbocycles. The van der Waals surface area contributed by atoms with E-state index in [1.54, 1.807) is 29.2 Å². The molecule has 2 aliphatic heterocycles. The number of piperazine rings is 1. The van der Waals surface area contributed by atoms with E-state index in [9.17, 15) is 8.42 Å². The number of aromatic nitrogens is 4. The van der Waals surface area contributed by atoms with Gasteiger partial charge in [-0.05, 0) is 44.0 Å². The Morgan fingerprint density at radius 1 is 1.06 bits per heavy atom. The van der Waals surface area contributed by atoms with E-state index in [4.69, 9.17) is 0 Å². The van der Waals surface area contributed by atoms with Crippen LogP contribution in [0.25, 0.3) is 22.3 Å². The van der Waals surface area contributed by atoms with Crippen LogP contribution in [0.2, 0.25) is 0 Å². The third kappa shape index (κ3) is 3.34. The number of hydrogen-bond donors (Lipinski definition) is 1. The lowest BCUT2D eigenvalue weighted by atomic mass is 10.1. The Morgan fingerprint density at radius 3 is 2.45 bits per heavy atom. The van der Waals surface area contributed by atoms with E-state index in [0.29, 0.717) is 23.4 Å². The molecule has 0 spiro atoms. The molecule has 0 amide bonds. The molecule has 170 valence electrons. The maximum atomic E-state index is 13.9. The summed E-state index contributed by atoms with van der Waals surface area (Å²) in [7, 11) is -2.05. The number of pyridine rings is 1. The first-order chi connectivity index (χ1) is 15.9. The minimum atomic E-state index is -3.88. The van der Waals surface area contributed by atoms with E-state index in [2.05, 4.69) is 20.3 Å². The van der Waals surface area contributed by atoms with Crippen molar-refractivity contribution in [3.63, 3.8) is 0 Å². The minimum Gasteiger partial charge on any atom is -0.368 e. The van der Waals surface area contributed by atoms with Gasteiger partial charge in [-0.25, -0.2) is 17.4 Å². The van der Waals surface area contributed by atoms with Gasteiger partial charge in [-0.3, -0.25) is 4.68 Å². The number of benzene rings is 1. The van der Waals surface area contributed by atoms with E-state index in [0.717, 1.165) is 35.3 Å². The molecule has 1 aromatic carbocycles. The molecule has 2 unspecified atom stereocenters. The van der Waals surface area contributed by atoms with Crippen molar-refractivity contribution >= 4 is 26.7 Å². The molecule has 4 aromatic rings. The number of fused-ring (bicyclic) bond motifs is 3. The van der Waals surface area contributed by atoms with Gasteiger partial charge in [0.15, 0.2) is 5.65 Å². The lowest BCUT2D eigenvalue weighted by molar-refractivity contribution is 0.466. The number of hydrogen-bond acceptors (Lipinski definition) is 6. The first-order valence-corrected chi connectivity index (χ1v) is 12.7. The van der Waals surface area contributed by atoms with Crippen molar-refractivity contribution in [1.82, 2.24) is 24.1 Å². The first kappa shape index (κ1) is 20.4. The van der Waals surface area contributed by atoms with E-state index >= 15 is 0 Å². The van der Waals surface area contributed by atoms with Crippen molar-refractivity contribution < 1.29 is 8.42 Å². The van der Waals surface area contributed by atoms with Gasteiger partial charge in [0.2, 0.25) is 0 Å². The Bertz CT molecular complexity index is 1440. The maximum absolute atomic E-state index is 13.9.